The second-order valence-corrected chi connectivity index (χ2v) is 6.55. The number of halogens is 1. The first-order valence-corrected chi connectivity index (χ1v) is 7.53. The van der Waals surface area contributed by atoms with Crippen molar-refractivity contribution in [3.05, 3.63) is 34.9 Å². The van der Waals surface area contributed by atoms with E-state index in [-0.39, 0.29) is 18.6 Å². The van der Waals surface area contributed by atoms with Gasteiger partial charge in [-0.25, -0.2) is 4.79 Å². The van der Waals surface area contributed by atoms with E-state index in [9.17, 15) is 9.59 Å². The van der Waals surface area contributed by atoms with E-state index in [4.69, 9.17) is 21.4 Å². The summed E-state index contributed by atoms with van der Waals surface area (Å²) < 4.78 is 5.35. The lowest BCUT2D eigenvalue weighted by atomic mass is 9.83. The highest BCUT2D eigenvalue weighted by molar-refractivity contribution is 6.30. The molecule has 1 aliphatic rings. The zero-order valence-corrected chi connectivity index (χ0v) is 13.6. The van der Waals surface area contributed by atoms with Crippen LogP contribution in [-0.4, -0.2) is 47.2 Å². The number of ether oxygens (including phenoxy) is 1. The zero-order valence-electron chi connectivity index (χ0n) is 12.9. The average Bonchev–Trinajstić information content (AvgIpc) is 2.46. The van der Waals surface area contributed by atoms with E-state index < -0.39 is 17.5 Å². The molecule has 1 heterocycles. The van der Waals surface area contributed by atoms with Crippen molar-refractivity contribution in [1.29, 1.82) is 0 Å². The Morgan fingerprint density at radius 1 is 1.27 bits per heavy atom. The molecular formula is C16H20ClNO4. The van der Waals surface area contributed by atoms with Crippen molar-refractivity contribution in [3.8, 4) is 0 Å². The molecule has 0 saturated carbocycles. The first-order valence-electron chi connectivity index (χ1n) is 7.15. The number of hydrogen-bond acceptors (Lipinski definition) is 3. The molecule has 5 nitrogen and oxygen atoms in total. The molecule has 1 aromatic rings. The van der Waals surface area contributed by atoms with E-state index >= 15 is 0 Å². The molecule has 0 aromatic heterocycles. The molecule has 1 saturated heterocycles. The van der Waals surface area contributed by atoms with Crippen molar-refractivity contribution in [2.75, 3.05) is 13.1 Å². The van der Waals surface area contributed by atoms with Crippen LogP contribution in [0.4, 0.5) is 0 Å². The van der Waals surface area contributed by atoms with Gasteiger partial charge in [-0.1, -0.05) is 23.7 Å². The number of morpholine rings is 1. The summed E-state index contributed by atoms with van der Waals surface area (Å²) in [6, 6.07) is 7.12. The first-order chi connectivity index (χ1) is 10.2. The monoisotopic (exact) mass is 325 g/mol. The van der Waals surface area contributed by atoms with Crippen LogP contribution in [0.1, 0.15) is 26.3 Å². The molecule has 0 bridgehead atoms. The van der Waals surface area contributed by atoms with Crippen molar-refractivity contribution in [2.24, 2.45) is 0 Å². The number of hydrogen-bond donors (Lipinski definition) is 1. The molecule has 22 heavy (non-hydrogen) atoms. The van der Waals surface area contributed by atoms with E-state index in [1.807, 2.05) is 26.0 Å². The first kappa shape index (κ1) is 16.8. The molecule has 2 rings (SSSR count). The smallest absolute Gasteiger partial charge is 0.334 e. The highest BCUT2D eigenvalue weighted by Gasteiger charge is 2.39. The predicted octanol–water partition coefficient (Wildman–Crippen LogP) is 2.32. The van der Waals surface area contributed by atoms with Crippen molar-refractivity contribution in [3.63, 3.8) is 0 Å². The van der Waals surface area contributed by atoms with Crippen LogP contribution >= 0.6 is 11.6 Å². The molecule has 0 aliphatic carbocycles. The van der Waals surface area contributed by atoms with Crippen LogP contribution in [0.25, 0.3) is 0 Å². The number of benzene rings is 1. The van der Waals surface area contributed by atoms with E-state index in [0.717, 1.165) is 5.56 Å². The quantitative estimate of drug-likeness (QED) is 0.926. The zero-order chi connectivity index (χ0) is 16.5. The van der Waals surface area contributed by atoms with Crippen molar-refractivity contribution in [1.82, 2.24) is 4.90 Å². The minimum atomic E-state index is -1.05. The molecular weight excluding hydrogens is 306 g/mol. The van der Waals surface area contributed by atoms with Gasteiger partial charge in [0.25, 0.3) is 0 Å². The van der Waals surface area contributed by atoms with E-state index in [2.05, 4.69) is 0 Å². The second-order valence-electron chi connectivity index (χ2n) is 6.12. The number of carbonyl (C=O) groups is 2. The maximum Gasteiger partial charge on any atom is 0.334 e. The minimum Gasteiger partial charge on any atom is -0.479 e. The Balaban J connectivity index is 2.21. The Labute approximate surface area is 134 Å². The van der Waals surface area contributed by atoms with Gasteiger partial charge in [-0.05, 0) is 38.5 Å². The summed E-state index contributed by atoms with van der Waals surface area (Å²) in [6.07, 6.45) is -1.28. The van der Waals surface area contributed by atoms with Crippen LogP contribution in [0.15, 0.2) is 24.3 Å². The molecule has 2 atom stereocenters. The number of carbonyl (C=O) groups excluding carboxylic acids is 1. The number of rotatable bonds is 3. The van der Waals surface area contributed by atoms with Crippen LogP contribution in [-0.2, 0) is 19.7 Å². The van der Waals surface area contributed by atoms with Crippen molar-refractivity contribution < 1.29 is 19.4 Å². The van der Waals surface area contributed by atoms with E-state index in [0.29, 0.717) is 11.6 Å². The van der Waals surface area contributed by atoms with Crippen LogP contribution in [0.2, 0.25) is 5.02 Å². The van der Waals surface area contributed by atoms with Crippen LogP contribution in [0.3, 0.4) is 0 Å². The number of carboxylic acids is 1. The fourth-order valence-electron chi connectivity index (χ4n) is 2.64. The maximum atomic E-state index is 12.9. The van der Waals surface area contributed by atoms with Gasteiger partial charge in [-0.3, -0.25) is 4.79 Å². The third kappa shape index (κ3) is 3.42. The molecule has 1 aliphatic heterocycles. The summed E-state index contributed by atoms with van der Waals surface area (Å²) in [4.78, 5) is 25.6. The Bertz CT molecular complexity index is 570. The SMILES string of the molecule is C[C@@H]1CN(C(=O)C(C)(C)c2ccc(Cl)cc2)CC(C(=O)O)O1. The largest absolute Gasteiger partial charge is 0.479 e. The highest BCUT2D eigenvalue weighted by atomic mass is 35.5. The summed E-state index contributed by atoms with van der Waals surface area (Å²) in [5.74, 6) is -1.16. The Kier molecular flexibility index (Phi) is 4.78. The van der Waals surface area contributed by atoms with Gasteiger partial charge in [-0.15, -0.1) is 0 Å². The van der Waals surface area contributed by atoms with Gasteiger partial charge in [0.2, 0.25) is 5.91 Å². The summed E-state index contributed by atoms with van der Waals surface area (Å²) in [7, 11) is 0. The fraction of sp³-hybridized carbons (Fsp3) is 0.500. The molecule has 1 unspecified atom stereocenters. The Morgan fingerprint density at radius 3 is 2.41 bits per heavy atom. The van der Waals surface area contributed by atoms with Crippen molar-refractivity contribution >= 4 is 23.5 Å². The number of aliphatic carboxylic acids is 1. The summed E-state index contributed by atoms with van der Waals surface area (Å²) in [5.41, 5.74) is 0.0814. The molecule has 1 amide bonds. The summed E-state index contributed by atoms with van der Waals surface area (Å²) in [5, 5.41) is 9.74. The molecule has 120 valence electrons. The molecule has 0 radical (unpaired) electrons. The normalized spacial score (nSPS) is 22.5. The lowest BCUT2D eigenvalue weighted by molar-refractivity contribution is -0.168. The average molecular weight is 326 g/mol. The van der Waals surface area contributed by atoms with Gasteiger partial charge in [0.05, 0.1) is 18.1 Å². The van der Waals surface area contributed by atoms with Crippen LogP contribution in [0, 0.1) is 0 Å². The Morgan fingerprint density at radius 2 is 1.86 bits per heavy atom. The molecule has 1 aromatic carbocycles. The number of carboxylic acid groups (broad SMARTS) is 1. The lowest BCUT2D eigenvalue weighted by Gasteiger charge is -2.39. The summed E-state index contributed by atoms with van der Waals surface area (Å²) >= 11 is 5.89. The third-order valence-corrected chi connectivity index (χ3v) is 4.18. The lowest BCUT2D eigenvalue weighted by Crippen LogP contribution is -2.55. The molecule has 1 N–H and O–H groups in total. The summed E-state index contributed by atoms with van der Waals surface area (Å²) in [6.45, 7) is 5.88. The van der Waals surface area contributed by atoms with Gasteiger partial charge < -0.3 is 14.7 Å². The van der Waals surface area contributed by atoms with Gasteiger partial charge >= 0.3 is 5.97 Å². The predicted molar refractivity (Wildman–Crippen MR) is 83.0 cm³/mol. The number of amides is 1. The van der Waals surface area contributed by atoms with Gasteiger partial charge in [0, 0.05) is 11.6 Å². The second kappa shape index (κ2) is 6.26. The standard InChI is InChI=1S/C16H20ClNO4/c1-10-8-18(9-13(22-10)14(19)20)15(21)16(2,3)11-4-6-12(17)7-5-11/h4-7,10,13H,8-9H2,1-3H3,(H,19,20)/t10-,13?/m1/s1. The van der Waals surface area contributed by atoms with Gasteiger partial charge in [0.15, 0.2) is 6.10 Å². The maximum absolute atomic E-state index is 12.9. The van der Waals surface area contributed by atoms with Crippen LogP contribution < -0.4 is 0 Å². The number of nitrogens with zero attached hydrogens (tertiary/aromatic N) is 1. The van der Waals surface area contributed by atoms with Crippen LogP contribution in [0.5, 0.6) is 0 Å². The van der Waals surface area contributed by atoms with Gasteiger partial charge in [-0.2, -0.15) is 0 Å². The van der Waals surface area contributed by atoms with E-state index in [1.54, 1.807) is 24.0 Å². The molecule has 1 fully saturated rings. The minimum absolute atomic E-state index is 0.0650. The molecule has 0 spiro atoms. The highest BCUT2D eigenvalue weighted by Crippen LogP contribution is 2.28. The third-order valence-electron chi connectivity index (χ3n) is 3.92. The molecule has 6 heteroatoms. The topological polar surface area (TPSA) is 66.8 Å². The van der Waals surface area contributed by atoms with Crippen molar-refractivity contribution in [2.45, 2.75) is 38.4 Å². The fourth-order valence-corrected chi connectivity index (χ4v) is 2.76. The van der Waals surface area contributed by atoms with Gasteiger partial charge in [0.1, 0.15) is 0 Å². The van der Waals surface area contributed by atoms with E-state index in [1.165, 1.54) is 0 Å². The Hall–Kier alpha value is -1.59.